The summed E-state index contributed by atoms with van der Waals surface area (Å²) in [6.07, 6.45) is 1.72. The number of rotatable bonds is 10. The first kappa shape index (κ1) is 29.2. The fourth-order valence-corrected chi connectivity index (χ4v) is 4.95. The van der Waals surface area contributed by atoms with E-state index in [1.54, 1.807) is 50.2 Å². The van der Waals surface area contributed by atoms with Gasteiger partial charge in [0.2, 0.25) is 21.8 Å². The van der Waals surface area contributed by atoms with Crippen LogP contribution in [0.2, 0.25) is 15.1 Å². The molecule has 0 aromatic heterocycles. The van der Waals surface area contributed by atoms with E-state index < -0.39 is 28.5 Å². The lowest BCUT2D eigenvalue weighted by Gasteiger charge is -2.32. The van der Waals surface area contributed by atoms with Crippen LogP contribution in [0.4, 0.5) is 5.69 Å². The Kier molecular flexibility index (Phi) is 10.3. The molecule has 0 aliphatic heterocycles. The standard InChI is InChI=1S/C24H30Cl3N3O4S/c1-6-15(2)28-24(32)17(4)29(13-18-20(26)10-7-11-21(18)27)23(31)14-30(35(5,33)34)22-12-8-9-19(25)16(22)3/h7-12,15,17H,6,13-14H2,1-5H3,(H,28,32)/t15-,17-/m1/s1. The lowest BCUT2D eigenvalue weighted by Crippen LogP contribution is -2.52. The molecule has 2 aromatic rings. The van der Waals surface area contributed by atoms with E-state index in [1.165, 1.54) is 4.90 Å². The average Bonchev–Trinajstić information content (AvgIpc) is 2.78. The highest BCUT2D eigenvalue weighted by Gasteiger charge is 2.31. The normalized spacial score (nSPS) is 13.1. The van der Waals surface area contributed by atoms with Gasteiger partial charge in [-0.15, -0.1) is 0 Å². The molecule has 7 nitrogen and oxygen atoms in total. The van der Waals surface area contributed by atoms with E-state index in [9.17, 15) is 18.0 Å². The maximum absolute atomic E-state index is 13.6. The summed E-state index contributed by atoms with van der Waals surface area (Å²) < 4.78 is 26.4. The SMILES string of the molecule is CC[C@@H](C)NC(=O)[C@@H](C)N(Cc1c(Cl)cccc1Cl)C(=O)CN(c1cccc(Cl)c1C)S(C)(=O)=O. The first-order chi connectivity index (χ1) is 16.3. The van der Waals surface area contributed by atoms with Gasteiger partial charge in [0.25, 0.3) is 0 Å². The molecule has 35 heavy (non-hydrogen) atoms. The van der Waals surface area contributed by atoms with Crippen LogP contribution in [0, 0.1) is 6.92 Å². The molecule has 2 atom stereocenters. The van der Waals surface area contributed by atoms with E-state index in [1.807, 2.05) is 13.8 Å². The van der Waals surface area contributed by atoms with Crippen LogP contribution in [0.5, 0.6) is 0 Å². The molecule has 2 aromatic carbocycles. The number of amides is 2. The minimum atomic E-state index is -3.87. The molecule has 0 bridgehead atoms. The van der Waals surface area contributed by atoms with E-state index in [0.29, 0.717) is 32.6 Å². The van der Waals surface area contributed by atoms with Crippen LogP contribution in [0.3, 0.4) is 0 Å². The Bertz CT molecular complexity index is 1170. The maximum Gasteiger partial charge on any atom is 0.244 e. The van der Waals surface area contributed by atoms with Gasteiger partial charge in [-0.1, -0.05) is 53.9 Å². The molecule has 0 saturated carbocycles. The van der Waals surface area contributed by atoms with Gasteiger partial charge in [-0.3, -0.25) is 13.9 Å². The number of hydrogen-bond acceptors (Lipinski definition) is 4. The van der Waals surface area contributed by atoms with Crippen LogP contribution in [-0.4, -0.2) is 50.0 Å². The van der Waals surface area contributed by atoms with Gasteiger partial charge in [-0.2, -0.15) is 0 Å². The molecule has 1 N–H and O–H groups in total. The van der Waals surface area contributed by atoms with Crippen molar-refractivity contribution in [2.24, 2.45) is 0 Å². The van der Waals surface area contributed by atoms with Gasteiger partial charge in [0.05, 0.1) is 11.9 Å². The van der Waals surface area contributed by atoms with Crippen molar-refractivity contribution < 1.29 is 18.0 Å². The molecular weight excluding hydrogens is 533 g/mol. The van der Waals surface area contributed by atoms with Crippen molar-refractivity contribution in [1.29, 1.82) is 0 Å². The maximum atomic E-state index is 13.6. The summed E-state index contributed by atoms with van der Waals surface area (Å²) in [4.78, 5) is 27.8. The highest BCUT2D eigenvalue weighted by molar-refractivity contribution is 7.92. The third-order valence-corrected chi connectivity index (χ3v) is 7.99. The molecule has 0 unspecified atom stereocenters. The van der Waals surface area contributed by atoms with Gasteiger partial charge in [-0.05, 0) is 57.0 Å². The van der Waals surface area contributed by atoms with E-state index in [-0.39, 0.29) is 24.2 Å². The third kappa shape index (κ3) is 7.49. The van der Waals surface area contributed by atoms with Gasteiger partial charge in [0.1, 0.15) is 12.6 Å². The van der Waals surface area contributed by atoms with Crippen LogP contribution in [0.25, 0.3) is 0 Å². The number of carbonyl (C=O) groups is 2. The van der Waals surface area contributed by atoms with Crippen LogP contribution < -0.4 is 9.62 Å². The largest absolute Gasteiger partial charge is 0.352 e. The molecule has 2 amide bonds. The van der Waals surface area contributed by atoms with Gasteiger partial charge in [-0.25, -0.2) is 8.42 Å². The average molecular weight is 563 g/mol. The molecular formula is C24H30Cl3N3O4S. The highest BCUT2D eigenvalue weighted by atomic mass is 35.5. The first-order valence-electron chi connectivity index (χ1n) is 11.0. The zero-order valence-corrected chi connectivity index (χ0v) is 23.4. The van der Waals surface area contributed by atoms with Crippen molar-refractivity contribution in [1.82, 2.24) is 10.2 Å². The second-order valence-corrected chi connectivity index (χ2v) is 11.5. The predicted molar refractivity (Wildman–Crippen MR) is 143 cm³/mol. The Balaban J connectivity index is 2.49. The summed E-state index contributed by atoms with van der Waals surface area (Å²) in [7, 11) is -3.87. The quantitative estimate of drug-likeness (QED) is 0.439. The third-order valence-electron chi connectivity index (χ3n) is 5.75. The fraction of sp³-hybridized carbons (Fsp3) is 0.417. The summed E-state index contributed by atoms with van der Waals surface area (Å²) in [6.45, 7) is 6.41. The number of halogens is 3. The van der Waals surface area contributed by atoms with Crippen molar-refractivity contribution in [2.75, 3.05) is 17.1 Å². The summed E-state index contributed by atoms with van der Waals surface area (Å²) in [5.74, 6) is -0.974. The molecule has 0 radical (unpaired) electrons. The molecule has 192 valence electrons. The van der Waals surface area contributed by atoms with Gasteiger partial charge in [0.15, 0.2) is 0 Å². The minimum absolute atomic E-state index is 0.0848. The van der Waals surface area contributed by atoms with Crippen molar-refractivity contribution in [3.8, 4) is 0 Å². The van der Waals surface area contributed by atoms with Crippen molar-refractivity contribution in [3.63, 3.8) is 0 Å². The lowest BCUT2D eigenvalue weighted by atomic mass is 10.1. The number of nitrogens with one attached hydrogen (secondary N) is 1. The summed E-state index contributed by atoms with van der Waals surface area (Å²) in [5.41, 5.74) is 1.24. The Labute approximate surface area is 222 Å². The molecule has 0 spiro atoms. The number of carbonyl (C=O) groups excluding carboxylic acids is 2. The monoisotopic (exact) mass is 561 g/mol. The number of hydrogen-bond donors (Lipinski definition) is 1. The smallest absolute Gasteiger partial charge is 0.244 e. The highest BCUT2D eigenvalue weighted by Crippen LogP contribution is 2.30. The van der Waals surface area contributed by atoms with E-state index in [2.05, 4.69) is 5.32 Å². The zero-order chi connectivity index (χ0) is 26.5. The number of benzene rings is 2. The van der Waals surface area contributed by atoms with Crippen LogP contribution >= 0.6 is 34.8 Å². The van der Waals surface area contributed by atoms with Crippen molar-refractivity contribution >= 4 is 62.3 Å². The number of nitrogens with zero attached hydrogens (tertiary/aromatic N) is 2. The second kappa shape index (κ2) is 12.3. The number of anilines is 1. The van der Waals surface area contributed by atoms with Crippen LogP contribution in [0.15, 0.2) is 36.4 Å². The van der Waals surface area contributed by atoms with Crippen molar-refractivity contribution in [3.05, 3.63) is 62.6 Å². The molecule has 0 aliphatic rings. The van der Waals surface area contributed by atoms with Crippen molar-refractivity contribution in [2.45, 2.75) is 52.7 Å². The van der Waals surface area contributed by atoms with Crippen LogP contribution in [-0.2, 0) is 26.2 Å². The number of sulfonamides is 1. The van der Waals surface area contributed by atoms with Gasteiger partial charge < -0.3 is 10.2 Å². The van der Waals surface area contributed by atoms with E-state index >= 15 is 0 Å². The Morgan fingerprint density at radius 3 is 2.09 bits per heavy atom. The predicted octanol–water partition coefficient (Wildman–Crippen LogP) is 5.05. The van der Waals surface area contributed by atoms with Gasteiger partial charge >= 0.3 is 0 Å². The molecule has 2 rings (SSSR count). The Hall–Kier alpha value is -2.00. The lowest BCUT2D eigenvalue weighted by molar-refractivity contribution is -0.139. The Morgan fingerprint density at radius 1 is 1.00 bits per heavy atom. The molecule has 0 saturated heterocycles. The Morgan fingerprint density at radius 2 is 1.54 bits per heavy atom. The summed E-state index contributed by atoms with van der Waals surface area (Å²) >= 11 is 18.9. The van der Waals surface area contributed by atoms with Crippen LogP contribution in [0.1, 0.15) is 38.3 Å². The second-order valence-electron chi connectivity index (χ2n) is 8.37. The first-order valence-corrected chi connectivity index (χ1v) is 14.0. The van der Waals surface area contributed by atoms with E-state index in [4.69, 9.17) is 34.8 Å². The molecule has 0 fully saturated rings. The minimum Gasteiger partial charge on any atom is -0.352 e. The summed E-state index contributed by atoms with van der Waals surface area (Å²) in [5, 5.41) is 3.89. The molecule has 0 aliphatic carbocycles. The summed E-state index contributed by atoms with van der Waals surface area (Å²) in [6, 6.07) is 8.72. The zero-order valence-electron chi connectivity index (χ0n) is 20.3. The topological polar surface area (TPSA) is 86.8 Å². The van der Waals surface area contributed by atoms with Gasteiger partial charge in [0, 0.05) is 33.2 Å². The van der Waals surface area contributed by atoms with E-state index in [0.717, 1.165) is 10.6 Å². The molecule has 11 heteroatoms. The molecule has 0 heterocycles. The fourth-order valence-electron chi connectivity index (χ4n) is 3.36.